The second-order valence-corrected chi connectivity index (χ2v) is 8.85. The monoisotopic (exact) mass is 431 g/mol. The molecule has 5 nitrogen and oxygen atoms in total. The SMILES string of the molecule is CCCC[C@@H](CC)CNC(=O)CN1C(=O)c2ccccc2[C@@H]1c1c(C)[nH]c2ccccc12. The summed E-state index contributed by atoms with van der Waals surface area (Å²) in [4.78, 5) is 31.5. The van der Waals surface area contributed by atoms with Crippen molar-refractivity contribution in [2.24, 2.45) is 5.92 Å². The lowest BCUT2D eigenvalue weighted by molar-refractivity contribution is -0.122. The Hall–Kier alpha value is -3.08. The van der Waals surface area contributed by atoms with Crippen molar-refractivity contribution >= 4 is 22.7 Å². The minimum atomic E-state index is -0.275. The first kappa shape index (κ1) is 22.1. The number of nitrogens with zero attached hydrogens (tertiary/aromatic N) is 1. The third kappa shape index (κ3) is 4.16. The number of carbonyl (C=O) groups excluding carboxylic acids is 2. The number of para-hydroxylation sites is 1. The van der Waals surface area contributed by atoms with Crippen molar-refractivity contribution in [2.45, 2.75) is 52.5 Å². The van der Waals surface area contributed by atoms with Crippen LogP contribution < -0.4 is 5.32 Å². The van der Waals surface area contributed by atoms with Crippen molar-refractivity contribution < 1.29 is 9.59 Å². The molecule has 0 saturated carbocycles. The second kappa shape index (κ2) is 9.60. The molecule has 2 amide bonds. The number of H-pyrrole nitrogens is 1. The van der Waals surface area contributed by atoms with E-state index in [1.54, 1.807) is 4.90 Å². The lowest BCUT2D eigenvalue weighted by Crippen LogP contribution is -2.41. The smallest absolute Gasteiger partial charge is 0.255 e. The molecule has 2 N–H and O–H groups in total. The fourth-order valence-electron chi connectivity index (χ4n) is 4.91. The van der Waals surface area contributed by atoms with Crippen LogP contribution >= 0.6 is 0 Å². The lowest BCUT2D eigenvalue weighted by Gasteiger charge is -2.26. The van der Waals surface area contributed by atoms with Crippen molar-refractivity contribution in [3.63, 3.8) is 0 Å². The van der Waals surface area contributed by atoms with E-state index in [2.05, 4.69) is 30.2 Å². The molecule has 0 spiro atoms. The summed E-state index contributed by atoms with van der Waals surface area (Å²) < 4.78 is 0. The van der Waals surface area contributed by atoms with Gasteiger partial charge < -0.3 is 15.2 Å². The van der Waals surface area contributed by atoms with E-state index >= 15 is 0 Å². The van der Waals surface area contributed by atoms with E-state index in [9.17, 15) is 9.59 Å². The number of aromatic amines is 1. The third-order valence-electron chi connectivity index (χ3n) is 6.72. The van der Waals surface area contributed by atoms with E-state index in [0.717, 1.165) is 47.0 Å². The van der Waals surface area contributed by atoms with E-state index < -0.39 is 0 Å². The van der Waals surface area contributed by atoms with Crippen LogP contribution in [0.25, 0.3) is 10.9 Å². The number of benzene rings is 2. The number of unbranched alkanes of at least 4 members (excludes halogenated alkanes) is 1. The van der Waals surface area contributed by atoms with Crippen LogP contribution in [-0.2, 0) is 4.79 Å². The number of aryl methyl sites for hydroxylation is 1. The quantitative estimate of drug-likeness (QED) is 0.479. The molecule has 2 atom stereocenters. The van der Waals surface area contributed by atoms with Gasteiger partial charge in [0.25, 0.3) is 5.91 Å². The van der Waals surface area contributed by atoms with Gasteiger partial charge in [0.15, 0.2) is 0 Å². The number of carbonyl (C=O) groups is 2. The van der Waals surface area contributed by atoms with Crippen molar-refractivity contribution in [1.29, 1.82) is 0 Å². The normalized spacial score (nSPS) is 16.4. The highest BCUT2D eigenvalue weighted by molar-refractivity contribution is 6.02. The molecule has 0 aliphatic carbocycles. The number of rotatable bonds is 9. The van der Waals surface area contributed by atoms with Crippen LogP contribution in [0.3, 0.4) is 0 Å². The summed E-state index contributed by atoms with van der Waals surface area (Å²) in [6.45, 7) is 7.12. The molecular formula is C27H33N3O2. The molecule has 0 unspecified atom stereocenters. The number of aromatic nitrogens is 1. The minimum absolute atomic E-state index is 0.0569. The standard InChI is InChI=1S/C27H33N3O2/c1-4-6-11-19(5-2)16-28-24(31)17-30-26(20-12-7-8-13-21(20)27(30)32)25-18(3)29-23-15-10-9-14-22(23)25/h7-10,12-15,19,26,29H,4-6,11,16-17H2,1-3H3,(H,28,31)/t19-,26-/m1/s1. The molecule has 0 bridgehead atoms. The lowest BCUT2D eigenvalue weighted by atomic mass is 9.95. The van der Waals surface area contributed by atoms with Gasteiger partial charge in [0.2, 0.25) is 5.91 Å². The predicted molar refractivity (Wildman–Crippen MR) is 129 cm³/mol. The molecule has 1 aromatic heterocycles. The van der Waals surface area contributed by atoms with Crippen LogP contribution in [0, 0.1) is 12.8 Å². The van der Waals surface area contributed by atoms with Gasteiger partial charge in [-0.05, 0) is 37.0 Å². The maximum atomic E-state index is 13.4. The van der Waals surface area contributed by atoms with E-state index in [1.807, 2.05) is 49.4 Å². The Kier molecular flexibility index (Phi) is 6.63. The molecule has 0 fully saturated rings. The van der Waals surface area contributed by atoms with Gasteiger partial charge >= 0.3 is 0 Å². The van der Waals surface area contributed by atoms with E-state index in [-0.39, 0.29) is 24.4 Å². The Bertz CT molecular complexity index is 1120. The van der Waals surface area contributed by atoms with Crippen molar-refractivity contribution in [2.75, 3.05) is 13.1 Å². The highest BCUT2D eigenvalue weighted by Gasteiger charge is 2.40. The minimum Gasteiger partial charge on any atom is -0.358 e. The zero-order valence-corrected chi connectivity index (χ0v) is 19.3. The molecular weight excluding hydrogens is 398 g/mol. The number of hydrogen-bond donors (Lipinski definition) is 2. The Morgan fingerprint density at radius 2 is 1.88 bits per heavy atom. The van der Waals surface area contributed by atoms with Gasteiger partial charge in [0, 0.05) is 34.3 Å². The summed E-state index contributed by atoms with van der Waals surface area (Å²) in [5, 5.41) is 4.19. The summed E-state index contributed by atoms with van der Waals surface area (Å²) >= 11 is 0. The number of nitrogens with one attached hydrogen (secondary N) is 2. The molecule has 0 radical (unpaired) electrons. The Labute approximate surface area is 190 Å². The first-order valence-electron chi connectivity index (χ1n) is 11.8. The third-order valence-corrected chi connectivity index (χ3v) is 6.72. The summed E-state index contributed by atoms with van der Waals surface area (Å²) in [6.07, 6.45) is 4.51. The topological polar surface area (TPSA) is 65.2 Å². The van der Waals surface area contributed by atoms with Crippen LogP contribution in [0.4, 0.5) is 0 Å². The van der Waals surface area contributed by atoms with Crippen molar-refractivity contribution in [3.8, 4) is 0 Å². The van der Waals surface area contributed by atoms with Gasteiger partial charge in [-0.3, -0.25) is 9.59 Å². The molecule has 32 heavy (non-hydrogen) atoms. The second-order valence-electron chi connectivity index (χ2n) is 8.85. The highest BCUT2D eigenvalue weighted by Crippen LogP contribution is 2.42. The van der Waals surface area contributed by atoms with Gasteiger partial charge in [-0.25, -0.2) is 0 Å². The van der Waals surface area contributed by atoms with Crippen LogP contribution in [0.15, 0.2) is 48.5 Å². The molecule has 2 aromatic carbocycles. The fourth-order valence-corrected chi connectivity index (χ4v) is 4.91. The van der Waals surface area contributed by atoms with Crippen molar-refractivity contribution in [1.82, 2.24) is 15.2 Å². The Morgan fingerprint density at radius 1 is 1.12 bits per heavy atom. The molecule has 4 rings (SSSR count). The fraction of sp³-hybridized carbons (Fsp3) is 0.407. The zero-order valence-electron chi connectivity index (χ0n) is 19.3. The van der Waals surface area contributed by atoms with Gasteiger partial charge in [0.1, 0.15) is 6.54 Å². The first-order chi connectivity index (χ1) is 15.5. The summed E-state index contributed by atoms with van der Waals surface area (Å²) in [5.41, 5.74) is 4.79. The molecule has 168 valence electrons. The van der Waals surface area contributed by atoms with Crippen LogP contribution in [-0.4, -0.2) is 34.8 Å². The molecule has 0 saturated heterocycles. The van der Waals surface area contributed by atoms with Crippen molar-refractivity contribution in [3.05, 3.63) is 70.9 Å². The van der Waals surface area contributed by atoms with Crippen LogP contribution in [0.2, 0.25) is 0 Å². The average Bonchev–Trinajstić information content (AvgIpc) is 3.27. The molecule has 1 aliphatic rings. The van der Waals surface area contributed by atoms with Gasteiger partial charge in [-0.15, -0.1) is 0 Å². The Morgan fingerprint density at radius 3 is 2.66 bits per heavy atom. The molecule has 2 heterocycles. The average molecular weight is 432 g/mol. The Balaban J connectivity index is 1.61. The summed E-state index contributed by atoms with van der Waals surface area (Å²) in [6, 6.07) is 15.6. The highest BCUT2D eigenvalue weighted by atomic mass is 16.2. The van der Waals surface area contributed by atoms with Crippen LogP contribution in [0.1, 0.15) is 72.8 Å². The molecule has 5 heteroatoms. The predicted octanol–water partition coefficient (Wildman–Crippen LogP) is 5.35. The van der Waals surface area contributed by atoms with E-state index in [1.165, 1.54) is 6.42 Å². The van der Waals surface area contributed by atoms with Gasteiger partial charge in [0.05, 0.1) is 6.04 Å². The molecule has 3 aromatic rings. The maximum Gasteiger partial charge on any atom is 0.255 e. The number of amides is 2. The number of fused-ring (bicyclic) bond motifs is 2. The number of hydrogen-bond acceptors (Lipinski definition) is 2. The van der Waals surface area contributed by atoms with Crippen LogP contribution in [0.5, 0.6) is 0 Å². The van der Waals surface area contributed by atoms with Gasteiger partial charge in [-0.1, -0.05) is 69.5 Å². The summed E-state index contributed by atoms with van der Waals surface area (Å²) in [7, 11) is 0. The largest absolute Gasteiger partial charge is 0.358 e. The first-order valence-corrected chi connectivity index (χ1v) is 11.8. The zero-order chi connectivity index (χ0) is 22.7. The maximum absolute atomic E-state index is 13.4. The van der Waals surface area contributed by atoms with Gasteiger partial charge in [-0.2, -0.15) is 0 Å². The van der Waals surface area contributed by atoms with E-state index in [0.29, 0.717) is 18.0 Å². The summed E-state index contributed by atoms with van der Waals surface area (Å²) in [5.74, 6) is 0.309. The van der Waals surface area contributed by atoms with E-state index in [4.69, 9.17) is 0 Å². The molecule has 1 aliphatic heterocycles.